The van der Waals surface area contributed by atoms with Crippen molar-refractivity contribution < 1.29 is 34.0 Å². The molecule has 0 fully saturated rings. The fourth-order valence-electron chi connectivity index (χ4n) is 3.59. The Kier molecular flexibility index (Phi) is 10.5. The summed E-state index contributed by atoms with van der Waals surface area (Å²) in [4.78, 5) is 38.4. The summed E-state index contributed by atoms with van der Waals surface area (Å²) in [6.07, 6.45) is 2.11. The zero-order chi connectivity index (χ0) is 27.7. The van der Waals surface area contributed by atoms with E-state index in [1.807, 2.05) is 0 Å². The fraction of sp³-hybridized carbons (Fsp3) is 0.542. The van der Waals surface area contributed by atoms with Gasteiger partial charge in [-0.25, -0.2) is 14.3 Å². The number of nitrogens with zero attached hydrogens (tertiary/aromatic N) is 4. The van der Waals surface area contributed by atoms with Gasteiger partial charge in [0.05, 0.1) is 43.6 Å². The lowest BCUT2D eigenvalue weighted by atomic mass is 10.1. The molecule has 0 amide bonds. The number of aromatic amines is 1. The van der Waals surface area contributed by atoms with Crippen molar-refractivity contribution in [2.75, 3.05) is 13.2 Å². The van der Waals surface area contributed by atoms with E-state index in [-0.39, 0.29) is 37.6 Å². The van der Waals surface area contributed by atoms with Crippen LogP contribution in [0.2, 0.25) is 0 Å². The van der Waals surface area contributed by atoms with E-state index in [9.17, 15) is 29.7 Å². The van der Waals surface area contributed by atoms with Crippen LogP contribution in [0.15, 0.2) is 38.7 Å². The van der Waals surface area contributed by atoms with Gasteiger partial charge in [-0.15, -0.1) is 5.10 Å². The van der Waals surface area contributed by atoms with Crippen LogP contribution in [-0.2, 0) is 29.2 Å². The summed E-state index contributed by atoms with van der Waals surface area (Å²) >= 11 is 0. The molecule has 0 aliphatic carbocycles. The van der Waals surface area contributed by atoms with Gasteiger partial charge in [-0.1, -0.05) is 25.0 Å². The molecule has 0 bridgehead atoms. The molecule has 4 N–H and O–H groups in total. The highest BCUT2D eigenvalue weighted by atomic mass is 16.5. The van der Waals surface area contributed by atoms with Crippen molar-refractivity contribution in [1.29, 1.82) is 0 Å². The number of esters is 1. The van der Waals surface area contributed by atoms with Crippen molar-refractivity contribution in [3.05, 3.63) is 68.1 Å². The minimum absolute atomic E-state index is 0.0112. The third-order valence-corrected chi connectivity index (χ3v) is 5.67. The van der Waals surface area contributed by atoms with Crippen LogP contribution < -0.4 is 11.2 Å². The van der Waals surface area contributed by atoms with Crippen LogP contribution >= 0.6 is 0 Å². The molecular weight excluding hydrogens is 502 g/mol. The third kappa shape index (κ3) is 7.71. The summed E-state index contributed by atoms with van der Waals surface area (Å²) in [6, 6.07) is 1.22. The van der Waals surface area contributed by atoms with E-state index in [4.69, 9.17) is 13.9 Å². The summed E-state index contributed by atoms with van der Waals surface area (Å²) in [5.74, 6) is -0.769. The van der Waals surface area contributed by atoms with E-state index in [2.05, 4.69) is 22.2 Å². The van der Waals surface area contributed by atoms with Gasteiger partial charge in [0, 0.05) is 12.8 Å². The molecule has 0 aliphatic heterocycles. The first-order valence-corrected chi connectivity index (χ1v) is 12.3. The van der Waals surface area contributed by atoms with E-state index >= 15 is 0 Å². The monoisotopic (exact) mass is 535 g/mol. The van der Waals surface area contributed by atoms with Crippen molar-refractivity contribution in [3.63, 3.8) is 0 Å². The SMILES string of the molecule is CCCCCOCc1cn(Cc2cn(C[C@@H](O)[C@@H](O)[C@H](O)c3cc(C(=O)OCC)co3)nn2)c(=O)[nH]c1=O. The average molecular weight is 536 g/mol. The second-order valence-corrected chi connectivity index (χ2v) is 8.69. The lowest BCUT2D eigenvalue weighted by Crippen LogP contribution is -2.35. The number of nitrogens with one attached hydrogen (secondary N) is 1. The maximum atomic E-state index is 12.2. The Morgan fingerprint density at radius 3 is 2.71 bits per heavy atom. The first kappa shape index (κ1) is 29.0. The number of H-pyrrole nitrogens is 1. The number of hydrogen-bond acceptors (Lipinski definition) is 11. The van der Waals surface area contributed by atoms with Crippen LogP contribution in [0, 0.1) is 0 Å². The van der Waals surface area contributed by atoms with Gasteiger partial charge in [-0.05, 0) is 19.4 Å². The number of aliphatic hydroxyl groups is 3. The lowest BCUT2D eigenvalue weighted by molar-refractivity contribution is -0.0739. The lowest BCUT2D eigenvalue weighted by Gasteiger charge is -2.21. The number of aliphatic hydroxyl groups excluding tert-OH is 3. The first-order valence-electron chi connectivity index (χ1n) is 12.3. The molecule has 208 valence electrons. The van der Waals surface area contributed by atoms with Crippen molar-refractivity contribution in [2.24, 2.45) is 0 Å². The van der Waals surface area contributed by atoms with Gasteiger partial charge in [-0.2, -0.15) is 0 Å². The Hall–Kier alpha value is -3.59. The standard InChI is InChI=1S/C24H33N5O9/c1-3-5-6-7-36-13-16-9-28(24(35)25-22(16)33)10-17-11-29(27-26-17)12-18(30)20(31)21(32)19-8-15(14-38-19)23(34)37-4-2/h8-9,11,14,18,20-21,30-32H,3-7,10,12-13H2,1-2H3,(H,25,33,35)/t18-,20-,21-/m1/s1. The molecule has 0 spiro atoms. The van der Waals surface area contributed by atoms with E-state index in [1.54, 1.807) is 6.92 Å². The zero-order valence-corrected chi connectivity index (χ0v) is 21.3. The molecular formula is C24H33N5O9. The highest BCUT2D eigenvalue weighted by Gasteiger charge is 2.30. The predicted molar refractivity (Wildman–Crippen MR) is 131 cm³/mol. The van der Waals surface area contributed by atoms with Gasteiger partial charge in [-0.3, -0.25) is 14.3 Å². The number of furan rings is 1. The summed E-state index contributed by atoms with van der Waals surface area (Å²) in [6.45, 7) is 4.20. The minimum Gasteiger partial charge on any atom is -0.466 e. The Labute approximate surface area is 217 Å². The van der Waals surface area contributed by atoms with Crippen molar-refractivity contribution in [2.45, 2.75) is 71.1 Å². The van der Waals surface area contributed by atoms with Gasteiger partial charge in [0.25, 0.3) is 5.56 Å². The fourth-order valence-corrected chi connectivity index (χ4v) is 3.59. The van der Waals surface area contributed by atoms with Crippen LogP contribution in [0.25, 0.3) is 0 Å². The Bertz CT molecular complexity index is 1290. The largest absolute Gasteiger partial charge is 0.466 e. The molecule has 0 aliphatic rings. The molecule has 3 heterocycles. The van der Waals surface area contributed by atoms with Gasteiger partial charge in [0.2, 0.25) is 0 Å². The summed E-state index contributed by atoms with van der Waals surface area (Å²) < 4.78 is 18.0. The number of aromatic nitrogens is 5. The highest BCUT2D eigenvalue weighted by molar-refractivity contribution is 5.89. The number of ether oxygens (including phenoxy) is 2. The summed E-state index contributed by atoms with van der Waals surface area (Å²) in [7, 11) is 0. The maximum Gasteiger partial charge on any atom is 0.341 e. The molecule has 0 saturated carbocycles. The molecule has 0 unspecified atom stereocenters. The first-order chi connectivity index (χ1) is 18.2. The van der Waals surface area contributed by atoms with Crippen molar-refractivity contribution >= 4 is 5.97 Å². The smallest absolute Gasteiger partial charge is 0.341 e. The van der Waals surface area contributed by atoms with Crippen LogP contribution in [0.1, 0.15) is 66.6 Å². The maximum absolute atomic E-state index is 12.2. The van der Waals surface area contributed by atoms with E-state index in [0.29, 0.717) is 17.9 Å². The van der Waals surface area contributed by atoms with Gasteiger partial charge >= 0.3 is 11.7 Å². The Balaban J connectivity index is 1.60. The molecule has 3 rings (SSSR count). The Morgan fingerprint density at radius 1 is 1.18 bits per heavy atom. The van der Waals surface area contributed by atoms with Gasteiger partial charge in [0.1, 0.15) is 36.0 Å². The van der Waals surface area contributed by atoms with Crippen LogP contribution in [0.4, 0.5) is 0 Å². The second kappa shape index (κ2) is 13.8. The van der Waals surface area contributed by atoms with E-state index < -0.39 is 35.5 Å². The molecule has 3 aromatic heterocycles. The molecule has 0 radical (unpaired) electrons. The summed E-state index contributed by atoms with van der Waals surface area (Å²) in [5, 5.41) is 39.0. The highest BCUT2D eigenvalue weighted by Crippen LogP contribution is 2.22. The van der Waals surface area contributed by atoms with E-state index in [0.717, 1.165) is 25.5 Å². The molecule has 38 heavy (non-hydrogen) atoms. The number of unbranched alkanes of at least 4 members (excludes halogenated alkanes) is 2. The molecule has 0 aromatic carbocycles. The molecule has 14 nitrogen and oxygen atoms in total. The average Bonchev–Trinajstić information content (AvgIpc) is 3.55. The third-order valence-electron chi connectivity index (χ3n) is 5.67. The normalized spacial score (nSPS) is 13.8. The summed E-state index contributed by atoms with van der Waals surface area (Å²) in [5.41, 5.74) is -0.441. The van der Waals surface area contributed by atoms with Crippen LogP contribution in [-0.4, -0.2) is 71.3 Å². The Morgan fingerprint density at radius 2 is 1.97 bits per heavy atom. The topological polar surface area (TPSA) is 195 Å². The van der Waals surface area contributed by atoms with Gasteiger partial charge in [0.15, 0.2) is 0 Å². The number of carbonyl (C=O) groups is 1. The zero-order valence-electron chi connectivity index (χ0n) is 21.3. The van der Waals surface area contributed by atoms with Crippen LogP contribution in [0.3, 0.4) is 0 Å². The molecule has 3 atom stereocenters. The number of hydrogen-bond donors (Lipinski definition) is 4. The quantitative estimate of drug-likeness (QED) is 0.152. The predicted octanol–water partition coefficient (Wildman–Crippen LogP) is 0.108. The minimum atomic E-state index is -1.68. The molecule has 3 aromatic rings. The number of carbonyl (C=O) groups excluding carboxylic acids is 1. The van der Waals surface area contributed by atoms with E-state index in [1.165, 1.54) is 27.7 Å². The second-order valence-electron chi connectivity index (χ2n) is 8.69. The van der Waals surface area contributed by atoms with Gasteiger partial charge < -0.3 is 29.2 Å². The number of rotatable bonds is 15. The molecule has 14 heteroatoms. The van der Waals surface area contributed by atoms with Crippen molar-refractivity contribution in [1.82, 2.24) is 24.5 Å². The molecule has 0 saturated heterocycles. The van der Waals surface area contributed by atoms with Crippen molar-refractivity contribution in [3.8, 4) is 0 Å². The van der Waals surface area contributed by atoms with Crippen LogP contribution in [0.5, 0.6) is 0 Å².